The molecule has 26 heavy (non-hydrogen) atoms. The van der Waals surface area contributed by atoms with Crippen molar-refractivity contribution in [1.29, 1.82) is 5.26 Å². The Bertz CT molecular complexity index is 822. The Morgan fingerprint density at radius 3 is 2.42 bits per heavy atom. The van der Waals surface area contributed by atoms with Gasteiger partial charge in [-0.3, -0.25) is 4.79 Å². The fourth-order valence-electron chi connectivity index (χ4n) is 2.18. The molecule has 0 aliphatic carbocycles. The van der Waals surface area contributed by atoms with Gasteiger partial charge in [0, 0.05) is 18.4 Å². The molecule has 0 aliphatic heterocycles. The van der Waals surface area contributed by atoms with Crippen LogP contribution in [0.5, 0.6) is 0 Å². The fraction of sp³-hybridized carbons (Fsp3) is 0.150. The summed E-state index contributed by atoms with van der Waals surface area (Å²) in [5.74, 6) is -0.871. The van der Waals surface area contributed by atoms with Crippen molar-refractivity contribution in [2.75, 3.05) is 19.0 Å². The number of amides is 1. The molecule has 6 heteroatoms. The lowest BCUT2D eigenvalue weighted by molar-refractivity contribution is -0.117. The first-order valence-corrected chi connectivity index (χ1v) is 8.01. The van der Waals surface area contributed by atoms with Gasteiger partial charge in [-0.1, -0.05) is 30.3 Å². The first-order chi connectivity index (χ1) is 12.6. The van der Waals surface area contributed by atoms with E-state index in [0.29, 0.717) is 24.2 Å². The Morgan fingerprint density at radius 1 is 1.12 bits per heavy atom. The lowest BCUT2D eigenvalue weighted by atomic mass is 10.1. The van der Waals surface area contributed by atoms with E-state index in [4.69, 9.17) is 5.26 Å². The van der Waals surface area contributed by atoms with Gasteiger partial charge in [-0.05, 0) is 36.2 Å². The highest BCUT2D eigenvalue weighted by Crippen LogP contribution is 2.11. The van der Waals surface area contributed by atoms with Crippen molar-refractivity contribution in [1.82, 2.24) is 5.32 Å². The molecule has 1 amide bonds. The summed E-state index contributed by atoms with van der Waals surface area (Å²) in [6.45, 7) is 0.440. The Morgan fingerprint density at radius 2 is 1.81 bits per heavy atom. The maximum atomic E-state index is 12.1. The maximum absolute atomic E-state index is 12.1. The van der Waals surface area contributed by atoms with E-state index >= 15 is 0 Å². The molecule has 0 saturated heterocycles. The average molecular weight is 349 g/mol. The third-order valence-electron chi connectivity index (χ3n) is 3.60. The maximum Gasteiger partial charge on any atom is 0.337 e. The van der Waals surface area contributed by atoms with Crippen LogP contribution in [0.15, 0.2) is 66.4 Å². The zero-order valence-corrected chi connectivity index (χ0v) is 14.4. The molecule has 0 heterocycles. The first kappa shape index (κ1) is 18.7. The number of nitrogens with one attached hydrogen (secondary N) is 2. The van der Waals surface area contributed by atoms with Crippen LogP contribution >= 0.6 is 0 Å². The summed E-state index contributed by atoms with van der Waals surface area (Å²) in [5, 5.41) is 14.7. The lowest BCUT2D eigenvalue weighted by Gasteiger charge is -2.06. The van der Waals surface area contributed by atoms with Gasteiger partial charge in [-0.2, -0.15) is 5.26 Å². The second kappa shape index (κ2) is 9.64. The third-order valence-corrected chi connectivity index (χ3v) is 3.60. The number of hydrogen-bond donors (Lipinski definition) is 2. The minimum Gasteiger partial charge on any atom is -0.465 e. The van der Waals surface area contributed by atoms with Crippen molar-refractivity contribution in [2.45, 2.75) is 6.42 Å². The minimum atomic E-state index is -0.442. The summed E-state index contributed by atoms with van der Waals surface area (Å²) in [5.41, 5.74) is 2.14. The molecule has 6 nitrogen and oxygen atoms in total. The number of benzene rings is 2. The Labute approximate surface area is 152 Å². The van der Waals surface area contributed by atoms with Gasteiger partial charge in [0.15, 0.2) is 0 Å². The smallest absolute Gasteiger partial charge is 0.337 e. The predicted octanol–water partition coefficient (Wildman–Crippen LogP) is 2.65. The Kier molecular flexibility index (Phi) is 6.95. The van der Waals surface area contributed by atoms with E-state index in [1.54, 1.807) is 24.3 Å². The van der Waals surface area contributed by atoms with Gasteiger partial charge in [-0.25, -0.2) is 4.79 Å². The zero-order chi connectivity index (χ0) is 18.8. The minimum absolute atomic E-state index is 0.0323. The van der Waals surface area contributed by atoms with Crippen molar-refractivity contribution in [3.63, 3.8) is 0 Å². The molecule has 0 unspecified atom stereocenters. The second-order valence-corrected chi connectivity index (χ2v) is 5.37. The summed E-state index contributed by atoms with van der Waals surface area (Å²) in [4.78, 5) is 23.4. The number of nitrogens with zero attached hydrogens (tertiary/aromatic N) is 1. The van der Waals surface area contributed by atoms with Crippen LogP contribution in [0.25, 0.3) is 0 Å². The normalized spacial score (nSPS) is 10.5. The Balaban J connectivity index is 1.89. The number of anilines is 1. The molecule has 0 aromatic heterocycles. The van der Waals surface area contributed by atoms with E-state index in [1.165, 1.54) is 13.3 Å². The molecular weight excluding hydrogens is 330 g/mol. The molecule has 0 radical (unpaired) electrons. The van der Waals surface area contributed by atoms with Gasteiger partial charge in [0.1, 0.15) is 11.6 Å². The van der Waals surface area contributed by atoms with Crippen LogP contribution in [0.1, 0.15) is 15.9 Å². The van der Waals surface area contributed by atoms with Crippen molar-refractivity contribution in [3.8, 4) is 6.07 Å². The molecule has 0 atom stereocenters. The van der Waals surface area contributed by atoms with Gasteiger partial charge in [0.05, 0.1) is 12.7 Å². The van der Waals surface area contributed by atoms with E-state index in [0.717, 1.165) is 5.56 Å². The van der Waals surface area contributed by atoms with E-state index in [1.807, 2.05) is 36.4 Å². The van der Waals surface area contributed by atoms with Gasteiger partial charge >= 0.3 is 5.97 Å². The van der Waals surface area contributed by atoms with Crippen molar-refractivity contribution in [3.05, 3.63) is 77.5 Å². The van der Waals surface area contributed by atoms with Crippen LogP contribution in [0, 0.1) is 11.3 Å². The quantitative estimate of drug-likeness (QED) is 0.455. The highest BCUT2D eigenvalue weighted by atomic mass is 16.5. The number of methoxy groups -OCH3 is 1. The van der Waals surface area contributed by atoms with E-state index in [2.05, 4.69) is 15.4 Å². The molecule has 0 spiro atoms. The van der Waals surface area contributed by atoms with E-state index < -0.39 is 11.9 Å². The van der Waals surface area contributed by atoms with Gasteiger partial charge in [0.25, 0.3) is 5.91 Å². The van der Waals surface area contributed by atoms with Gasteiger partial charge < -0.3 is 15.4 Å². The SMILES string of the molecule is COC(=O)c1ccc(NC=C(C#N)C(=O)NCCc2ccccc2)cc1. The summed E-state index contributed by atoms with van der Waals surface area (Å²) in [6.07, 6.45) is 2.03. The van der Waals surface area contributed by atoms with Gasteiger partial charge in [-0.15, -0.1) is 0 Å². The number of nitriles is 1. The number of carbonyl (C=O) groups excluding carboxylic acids is 2. The van der Waals surface area contributed by atoms with E-state index in [9.17, 15) is 9.59 Å². The second-order valence-electron chi connectivity index (χ2n) is 5.37. The molecule has 2 rings (SSSR count). The number of hydrogen-bond acceptors (Lipinski definition) is 5. The first-order valence-electron chi connectivity index (χ1n) is 8.01. The summed E-state index contributed by atoms with van der Waals surface area (Å²) < 4.78 is 4.63. The van der Waals surface area contributed by atoms with Crippen molar-refractivity contribution < 1.29 is 14.3 Å². The highest BCUT2D eigenvalue weighted by Gasteiger charge is 2.08. The van der Waals surface area contributed by atoms with Crippen LogP contribution in [-0.4, -0.2) is 25.5 Å². The summed E-state index contributed by atoms with van der Waals surface area (Å²) in [6, 6.07) is 18.1. The molecule has 0 bridgehead atoms. The van der Waals surface area contributed by atoms with Crippen molar-refractivity contribution >= 4 is 17.6 Å². The number of rotatable bonds is 7. The molecule has 0 fully saturated rings. The number of esters is 1. The third kappa shape index (κ3) is 5.49. The largest absolute Gasteiger partial charge is 0.465 e. The summed E-state index contributed by atoms with van der Waals surface area (Å²) >= 11 is 0. The lowest BCUT2D eigenvalue weighted by Crippen LogP contribution is -2.27. The predicted molar refractivity (Wildman–Crippen MR) is 98.3 cm³/mol. The molecule has 2 aromatic rings. The van der Waals surface area contributed by atoms with Crippen LogP contribution in [0.2, 0.25) is 0 Å². The van der Waals surface area contributed by atoms with Crippen LogP contribution in [-0.2, 0) is 16.0 Å². The summed E-state index contributed by atoms with van der Waals surface area (Å²) in [7, 11) is 1.31. The van der Waals surface area contributed by atoms with E-state index in [-0.39, 0.29) is 5.57 Å². The molecule has 2 N–H and O–H groups in total. The van der Waals surface area contributed by atoms with Crippen LogP contribution in [0.3, 0.4) is 0 Å². The van der Waals surface area contributed by atoms with Crippen LogP contribution < -0.4 is 10.6 Å². The van der Waals surface area contributed by atoms with Gasteiger partial charge in [0.2, 0.25) is 0 Å². The average Bonchev–Trinajstić information content (AvgIpc) is 2.69. The monoisotopic (exact) mass is 349 g/mol. The Hall–Kier alpha value is -3.59. The number of carbonyl (C=O) groups is 2. The molecular formula is C20H19N3O3. The molecule has 132 valence electrons. The van der Waals surface area contributed by atoms with Crippen LogP contribution in [0.4, 0.5) is 5.69 Å². The van der Waals surface area contributed by atoms with Crippen molar-refractivity contribution in [2.24, 2.45) is 0 Å². The number of ether oxygens (including phenoxy) is 1. The zero-order valence-electron chi connectivity index (χ0n) is 14.4. The molecule has 2 aromatic carbocycles. The standard InChI is InChI=1S/C20H19N3O3/c1-26-20(25)16-7-9-18(10-8-16)23-14-17(13-21)19(24)22-12-11-15-5-3-2-4-6-15/h2-10,14,23H,11-12H2,1H3,(H,22,24). The topological polar surface area (TPSA) is 91.2 Å². The molecule has 0 aliphatic rings. The molecule has 0 saturated carbocycles. The highest BCUT2D eigenvalue weighted by molar-refractivity contribution is 5.97. The fourth-order valence-corrected chi connectivity index (χ4v) is 2.18.